The van der Waals surface area contributed by atoms with E-state index in [0.29, 0.717) is 0 Å². The number of benzene rings is 4. The molecule has 1 saturated heterocycles. The molecule has 4 aromatic rings. The van der Waals surface area contributed by atoms with E-state index in [1.807, 2.05) is 23.9 Å². The largest absolute Gasteiger partial charge is 0.315 e. The number of hydrogen-bond acceptors (Lipinski definition) is 2. The van der Waals surface area contributed by atoms with Crippen molar-refractivity contribution < 1.29 is 4.79 Å². The van der Waals surface area contributed by atoms with E-state index in [9.17, 15) is 4.79 Å². The summed E-state index contributed by atoms with van der Waals surface area (Å²) in [5, 5.41) is 5.00. The van der Waals surface area contributed by atoms with Crippen LogP contribution in [0, 0.1) is 0 Å². The van der Waals surface area contributed by atoms with Crippen molar-refractivity contribution in [3.05, 3.63) is 95.6 Å². The molecule has 0 radical (unpaired) electrons. The number of carbonyl (C=O) groups excluding carboxylic acids is 1. The molecule has 0 N–H and O–H groups in total. The first kappa shape index (κ1) is 15.3. The highest BCUT2D eigenvalue weighted by Gasteiger charge is 2.54. The Morgan fingerprint density at radius 1 is 0.741 bits per heavy atom. The zero-order valence-corrected chi connectivity index (χ0v) is 15.5. The van der Waals surface area contributed by atoms with E-state index in [-0.39, 0.29) is 5.91 Å². The molecule has 2 heterocycles. The van der Waals surface area contributed by atoms with Gasteiger partial charge in [-0.1, -0.05) is 72.8 Å². The van der Waals surface area contributed by atoms with Gasteiger partial charge in [-0.2, -0.15) is 0 Å². The number of hydrogen-bond donors (Lipinski definition) is 0. The summed E-state index contributed by atoms with van der Waals surface area (Å²) in [5.74, 6) is 1.12. The van der Waals surface area contributed by atoms with Crippen molar-refractivity contribution >= 4 is 39.2 Å². The summed E-state index contributed by atoms with van der Waals surface area (Å²) in [6.45, 7) is 0.794. The van der Waals surface area contributed by atoms with E-state index in [4.69, 9.17) is 0 Å². The minimum Gasteiger partial charge on any atom is -0.315 e. The van der Waals surface area contributed by atoms with Gasteiger partial charge in [-0.3, -0.25) is 4.79 Å². The van der Waals surface area contributed by atoms with Crippen molar-refractivity contribution in [1.29, 1.82) is 0 Å². The number of thioether (sulfide) groups is 1. The molecule has 1 amide bonds. The molecule has 3 heteroatoms. The van der Waals surface area contributed by atoms with E-state index in [2.05, 4.69) is 71.6 Å². The minimum atomic E-state index is -0.407. The number of fused-ring (bicyclic) bond motifs is 6. The third-order valence-corrected chi connectivity index (χ3v) is 7.39. The second kappa shape index (κ2) is 5.37. The summed E-state index contributed by atoms with van der Waals surface area (Å²) < 4.78 is 0. The monoisotopic (exact) mass is 367 g/mol. The van der Waals surface area contributed by atoms with Crippen LogP contribution in [0.5, 0.6) is 0 Å². The van der Waals surface area contributed by atoms with Crippen molar-refractivity contribution in [2.45, 2.75) is 4.87 Å². The number of nitrogens with zero attached hydrogens (tertiary/aromatic N) is 1. The van der Waals surface area contributed by atoms with Crippen molar-refractivity contribution in [1.82, 2.24) is 4.90 Å². The predicted molar refractivity (Wildman–Crippen MR) is 112 cm³/mol. The fraction of sp³-hybridized carbons (Fsp3) is 0.125. The van der Waals surface area contributed by atoms with E-state index in [1.165, 1.54) is 27.1 Å². The van der Waals surface area contributed by atoms with Crippen LogP contribution in [0.15, 0.2) is 78.9 Å². The molecule has 2 aliphatic heterocycles. The summed E-state index contributed by atoms with van der Waals surface area (Å²) >= 11 is 1.89. The maximum absolute atomic E-state index is 13.1. The summed E-state index contributed by atoms with van der Waals surface area (Å²) in [5.41, 5.74) is 3.22. The maximum Gasteiger partial charge on any atom is 0.255 e. The van der Waals surface area contributed by atoms with Crippen LogP contribution in [0.25, 0.3) is 21.5 Å². The molecule has 1 atom stereocenters. The molecule has 0 spiro atoms. The molecule has 1 unspecified atom stereocenters. The van der Waals surface area contributed by atoms with E-state index < -0.39 is 4.87 Å². The average Bonchev–Trinajstić information content (AvgIpc) is 3.27. The number of carbonyl (C=O) groups is 1. The molecule has 2 nitrogen and oxygen atoms in total. The third-order valence-electron chi connectivity index (χ3n) is 5.93. The molecule has 0 aromatic heterocycles. The van der Waals surface area contributed by atoms with Crippen molar-refractivity contribution in [3.8, 4) is 0 Å². The zero-order chi connectivity index (χ0) is 18.0. The normalized spacial score (nSPS) is 21.0. The van der Waals surface area contributed by atoms with Gasteiger partial charge in [0.25, 0.3) is 5.91 Å². The zero-order valence-electron chi connectivity index (χ0n) is 14.7. The van der Waals surface area contributed by atoms with Gasteiger partial charge in [-0.25, -0.2) is 0 Å². The Labute approximate surface area is 161 Å². The third kappa shape index (κ3) is 1.85. The summed E-state index contributed by atoms with van der Waals surface area (Å²) in [6, 6.07) is 27.6. The van der Waals surface area contributed by atoms with Gasteiger partial charge in [0.1, 0.15) is 4.87 Å². The molecular formula is C24H17NOS. The lowest BCUT2D eigenvalue weighted by Crippen LogP contribution is -2.37. The van der Waals surface area contributed by atoms with Gasteiger partial charge in [-0.15, -0.1) is 11.8 Å². The van der Waals surface area contributed by atoms with Gasteiger partial charge in [-0.05, 0) is 27.6 Å². The Morgan fingerprint density at radius 2 is 1.52 bits per heavy atom. The first-order chi connectivity index (χ1) is 13.3. The second-order valence-electron chi connectivity index (χ2n) is 7.18. The van der Waals surface area contributed by atoms with Crippen LogP contribution in [0.2, 0.25) is 0 Å². The molecule has 4 aromatic carbocycles. The SMILES string of the molecule is O=C1c2ccccc2C2(c3cccc4c3ccc3ccccc34)SCCN12. The fourth-order valence-electron chi connectivity index (χ4n) is 4.80. The summed E-state index contributed by atoms with van der Waals surface area (Å²) in [7, 11) is 0. The molecule has 0 saturated carbocycles. The highest BCUT2D eigenvalue weighted by molar-refractivity contribution is 8.00. The van der Waals surface area contributed by atoms with Gasteiger partial charge >= 0.3 is 0 Å². The smallest absolute Gasteiger partial charge is 0.255 e. The van der Waals surface area contributed by atoms with Crippen LogP contribution in [-0.2, 0) is 4.87 Å². The van der Waals surface area contributed by atoms with Gasteiger partial charge in [0, 0.05) is 29.0 Å². The highest BCUT2D eigenvalue weighted by Crippen LogP contribution is 2.56. The molecule has 130 valence electrons. The van der Waals surface area contributed by atoms with Crippen molar-refractivity contribution in [2.75, 3.05) is 12.3 Å². The van der Waals surface area contributed by atoms with E-state index >= 15 is 0 Å². The quantitative estimate of drug-likeness (QED) is 0.420. The van der Waals surface area contributed by atoms with Crippen molar-refractivity contribution in [3.63, 3.8) is 0 Å². The van der Waals surface area contributed by atoms with E-state index in [0.717, 1.165) is 23.4 Å². The van der Waals surface area contributed by atoms with Crippen LogP contribution in [-0.4, -0.2) is 23.1 Å². The minimum absolute atomic E-state index is 0.161. The molecule has 2 aliphatic rings. The number of rotatable bonds is 1. The van der Waals surface area contributed by atoms with Crippen molar-refractivity contribution in [2.24, 2.45) is 0 Å². The van der Waals surface area contributed by atoms with Crippen LogP contribution >= 0.6 is 11.8 Å². The second-order valence-corrected chi connectivity index (χ2v) is 8.47. The lowest BCUT2D eigenvalue weighted by molar-refractivity contribution is 0.0753. The lowest BCUT2D eigenvalue weighted by atomic mass is 9.91. The molecule has 0 bridgehead atoms. The molecule has 6 rings (SSSR count). The van der Waals surface area contributed by atoms with Gasteiger partial charge < -0.3 is 4.90 Å². The van der Waals surface area contributed by atoms with Crippen LogP contribution in [0.4, 0.5) is 0 Å². The van der Waals surface area contributed by atoms with Gasteiger partial charge in [0.15, 0.2) is 0 Å². The van der Waals surface area contributed by atoms with Gasteiger partial charge in [0.2, 0.25) is 0 Å². The Morgan fingerprint density at radius 3 is 2.48 bits per heavy atom. The molecule has 0 aliphatic carbocycles. The number of amides is 1. The van der Waals surface area contributed by atoms with Gasteiger partial charge in [0.05, 0.1) is 0 Å². The highest BCUT2D eigenvalue weighted by atomic mass is 32.2. The molecule has 1 fully saturated rings. The van der Waals surface area contributed by atoms with Crippen LogP contribution in [0.3, 0.4) is 0 Å². The first-order valence-corrected chi connectivity index (χ1v) is 10.3. The maximum atomic E-state index is 13.1. The Bertz CT molecular complexity index is 1250. The van der Waals surface area contributed by atoms with Crippen LogP contribution < -0.4 is 0 Å². The topological polar surface area (TPSA) is 20.3 Å². The first-order valence-electron chi connectivity index (χ1n) is 9.27. The molecular weight excluding hydrogens is 350 g/mol. The predicted octanol–water partition coefficient (Wildman–Crippen LogP) is 5.40. The summed E-state index contributed by atoms with van der Waals surface area (Å²) in [6.07, 6.45) is 0. The average molecular weight is 367 g/mol. The lowest BCUT2D eigenvalue weighted by Gasteiger charge is -2.33. The summed E-state index contributed by atoms with van der Waals surface area (Å²) in [4.78, 5) is 14.8. The standard InChI is InChI=1S/C24H17NOS/c26-23-20-8-3-4-10-22(20)24(25(23)14-15-27-24)21-11-5-9-18-17-7-2-1-6-16(17)12-13-19(18)21/h1-13H,14-15H2. The molecule has 27 heavy (non-hydrogen) atoms. The van der Waals surface area contributed by atoms with Crippen LogP contribution in [0.1, 0.15) is 21.5 Å². The van der Waals surface area contributed by atoms with E-state index in [1.54, 1.807) is 0 Å². The Hall–Kier alpha value is -2.78. The Kier molecular flexibility index (Phi) is 3.04. The Balaban J connectivity index is 1.73. The fourth-order valence-corrected chi connectivity index (χ4v) is 6.37.